The number of nitrogens with one attached hydrogen (secondary N) is 1. The van der Waals surface area contributed by atoms with Crippen molar-refractivity contribution < 1.29 is 15.0 Å². The molecule has 0 amide bonds. The van der Waals surface area contributed by atoms with Crippen LogP contribution in [0.3, 0.4) is 0 Å². The van der Waals surface area contributed by atoms with Crippen LogP contribution in [0.4, 0.5) is 0 Å². The Kier molecular flexibility index (Phi) is 4.74. The smallest absolute Gasteiger partial charge is 0.320 e. The minimum Gasteiger partial charge on any atom is -0.480 e. The number of hydrogen-bond acceptors (Lipinski definition) is 3. The molecule has 1 saturated carbocycles. The molecule has 0 spiro atoms. The summed E-state index contributed by atoms with van der Waals surface area (Å²) in [7, 11) is 0. The summed E-state index contributed by atoms with van der Waals surface area (Å²) in [5.74, 6) is -0.411. The number of carboxylic acids is 1. The second-order valence-electron chi connectivity index (χ2n) is 5.53. The van der Waals surface area contributed by atoms with E-state index in [4.69, 9.17) is 10.2 Å². The molecule has 0 bridgehead atoms. The predicted molar refractivity (Wildman–Crippen MR) is 62.3 cm³/mol. The molecule has 1 aliphatic rings. The van der Waals surface area contributed by atoms with E-state index in [-0.39, 0.29) is 18.1 Å². The molecule has 1 atom stereocenters. The van der Waals surface area contributed by atoms with Gasteiger partial charge in [-0.25, -0.2) is 0 Å². The Hall–Kier alpha value is -0.610. The summed E-state index contributed by atoms with van der Waals surface area (Å²) in [4.78, 5) is 11.0. The number of hydrogen-bond donors (Lipinski definition) is 3. The molecule has 1 aliphatic carbocycles. The molecule has 0 radical (unpaired) electrons. The van der Waals surface area contributed by atoms with Crippen LogP contribution in [0.5, 0.6) is 0 Å². The summed E-state index contributed by atoms with van der Waals surface area (Å²) in [6.07, 6.45) is 3.74. The Morgan fingerprint density at radius 1 is 1.50 bits per heavy atom. The van der Waals surface area contributed by atoms with Gasteiger partial charge in [-0.05, 0) is 37.0 Å². The lowest BCUT2D eigenvalue weighted by atomic mass is 9.87. The zero-order chi connectivity index (χ0) is 12.2. The third-order valence-electron chi connectivity index (χ3n) is 3.17. The van der Waals surface area contributed by atoms with Crippen molar-refractivity contribution in [3.8, 4) is 0 Å². The molecule has 0 heterocycles. The Morgan fingerprint density at radius 2 is 2.12 bits per heavy atom. The molecule has 0 aromatic heterocycles. The average Bonchev–Trinajstić information content (AvgIpc) is 2.98. The number of rotatable bonds is 8. The first-order valence-corrected chi connectivity index (χ1v) is 6.03. The summed E-state index contributed by atoms with van der Waals surface area (Å²) in [6.45, 7) is 5.10. The third kappa shape index (κ3) is 4.49. The van der Waals surface area contributed by atoms with Gasteiger partial charge in [0.1, 0.15) is 6.04 Å². The molecule has 94 valence electrons. The highest BCUT2D eigenvalue weighted by Gasteiger charge is 2.36. The molecule has 16 heavy (non-hydrogen) atoms. The van der Waals surface area contributed by atoms with Gasteiger partial charge in [0.2, 0.25) is 0 Å². The molecule has 0 aliphatic heterocycles. The average molecular weight is 229 g/mol. The number of carbonyl (C=O) groups is 1. The van der Waals surface area contributed by atoms with E-state index in [1.54, 1.807) is 0 Å². The fourth-order valence-electron chi connectivity index (χ4n) is 1.92. The van der Waals surface area contributed by atoms with E-state index in [1.807, 2.05) is 0 Å². The van der Waals surface area contributed by atoms with Crippen molar-refractivity contribution in [2.24, 2.45) is 11.3 Å². The quantitative estimate of drug-likeness (QED) is 0.585. The summed E-state index contributed by atoms with van der Waals surface area (Å²) in [6, 6.07) is -0.381. The lowest BCUT2D eigenvalue weighted by molar-refractivity contribution is -0.140. The first-order valence-electron chi connectivity index (χ1n) is 6.03. The molecule has 1 unspecified atom stereocenters. The van der Waals surface area contributed by atoms with Crippen LogP contribution in [0.25, 0.3) is 0 Å². The first-order chi connectivity index (χ1) is 7.46. The van der Waals surface area contributed by atoms with Gasteiger partial charge >= 0.3 is 5.97 Å². The summed E-state index contributed by atoms with van der Waals surface area (Å²) >= 11 is 0. The Bertz CT molecular complexity index is 236. The van der Waals surface area contributed by atoms with Crippen molar-refractivity contribution in [1.82, 2.24) is 5.32 Å². The fourth-order valence-corrected chi connectivity index (χ4v) is 1.92. The Morgan fingerprint density at radius 3 is 2.56 bits per heavy atom. The van der Waals surface area contributed by atoms with Crippen LogP contribution in [0.15, 0.2) is 0 Å². The van der Waals surface area contributed by atoms with Gasteiger partial charge in [-0.3, -0.25) is 4.79 Å². The molecule has 1 rings (SSSR count). The van der Waals surface area contributed by atoms with Crippen molar-refractivity contribution in [3.63, 3.8) is 0 Å². The fraction of sp³-hybridized carbons (Fsp3) is 0.917. The van der Waals surface area contributed by atoms with Gasteiger partial charge in [0.05, 0.1) is 0 Å². The molecule has 4 nitrogen and oxygen atoms in total. The Balaban J connectivity index is 2.32. The molecular weight excluding hydrogens is 206 g/mol. The van der Waals surface area contributed by atoms with Gasteiger partial charge in [-0.15, -0.1) is 0 Å². The van der Waals surface area contributed by atoms with E-state index in [0.717, 1.165) is 25.7 Å². The molecular formula is C12H23NO3. The van der Waals surface area contributed by atoms with Gasteiger partial charge < -0.3 is 15.5 Å². The van der Waals surface area contributed by atoms with E-state index in [9.17, 15) is 4.79 Å². The highest BCUT2D eigenvalue weighted by molar-refractivity contribution is 5.74. The van der Waals surface area contributed by atoms with Crippen molar-refractivity contribution in [2.45, 2.75) is 45.6 Å². The summed E-state index contributed by atoms with van der Waals surface area (Å²) < 4.78 is 0. The lowest BCUT2D eigenvalue weighted by Crippen LogP contribution is -2.43. The van der Waals surface area contributed by atoms with Crippen LogP contribution in [0.2, 0.25) is 0 Å². The zero-order valence-electron chi connectivity index (χ0n) is 10.2. The highest BCUT2D eigenvalue weighted by atomic mass is 16.4. The van der Waals surface area contributed by atoms with Crippen molar-refractivity contribution in [1.29, 1.82) is 0 Å². The van der Waals surface area contributed by atoms with Crippen molar-refractivity contribution in [2.75, 3.05) is 13.2 Å². The molecule has 3 N–H and O–H groups in total. The molecule has 4 heteroatoms. The van der Waals surface area contributed by atoms with E-state index in [0.29, 0.717) is 12.5 Å². The van der Waals surface area contributed by atoms with E-state index < -0.39 is 5.97 Å². The maximum Gasteiger partial charge on any atom is 0.320 e. The molecule has 0 aromatic carbocycles. The standard InChI is InChI=1S/C12H23NO3/c1-12(2,6-3-7-14)8-13-10(11(15)16)9-4-5-9/h9-10,13-14H,3-8H2,1-2H3,(H,15,16). The van der Waals surface area contributed by atoms with E-state index >= 15 is 0 Å². The van der Waals surface area contributed by atoms with Gasteiger partial charge in [-0.1, -0.05) is 13.8 Å². The predicted octanol–water partition coefficient (Wildman–Crippen LogP) is 1.24. The first kappa shape index (κ1) is 13.5. The molecule has 0 saturated heterocycles. The van der Waals surface area contributed by atoms with Crippen LogP contribution >= 0.6 is 0 Å². The van der Waals surface area contributed by atoms with Crippen LogP contribution in [0.1, 0.15) is 39.5 Å². The van der Waals surface area contributed by atoms with Gasteiger partial charge in [0, 0.05) is 13.2 Å². The maximum absolute atomic E-state index is 11.0. The SMILES string of the molecule is CC(C)(CCCO)CNC(C(=O)O)C1CC1. The second kappa shape index (κ2) is 5.64. The molecule has 0 aromatic rings. The number of aliphatic hydroxyl groups excluding tert-OH is 1. The monoisotopic (exact) mass is 229 g/mol. The maximum atomic E-state index is 11.0. The number of aliphatic hydroxyl groups is 1. The second-order valence-corrected chi connectivity index (χ2v) is 5.53. The largest absolute Gasteiger partial charge is 0.480 e. The number of aliphatic carboxylic acids is 1. The van der Waals surface area contributed by atoms with Crippen molar-refractivity contribution >= 4 is 5.97 Å². The summed E-state index contributed by atoms with van der Waals surface area (Å²) in [5.41, 5.74) is 0.0469. The van der Waals surface area contributed by atoms with Crippen LogP contribution in [-0.4, -0.2) is 35.4 Å². The minimum atomic E-state index is -0.736. The normalized spacial score (nSPS) is 18.4. The number of carboxylic acid groups (broad SMARTS) is 1. The van der Waals surface area contributed by atoms with Crippen LogP contribution in [-0.2, 0) is 4.79 Å². The Labute approximate surface area is 97.0 Å². The van der Waals surface area contributed by atoms with Crippen molar-refractivity contribution in [3.05, 3.63) is 0 Å². The zero-order valence-corrected chi connectivity index (χ0v) is 10.2. The third-order valence-corrected chi connectivity index (χ3v) is 3.17. The van der Waals surface area contributed by atoms with E-state index in [2.05, 4.69) is 19.2 Å². The van der Waals surface area contributed by atoms with Crippen LogP contribution < -0.4 is 5.32 Å². The van der Waals surface area contributed by atoms with Crippen LogP contribution in [0, 0.1) is 11.3 Å². The minimum absolute atomic E-state index is 0.0469. The molecule has 1 fully saturated rings. The van der Waals surface area contributed by atoms with Gasteiger partial charge in [-0.2, -0.15) is 0 Å². The lowest BCUT2D eigenvalue weighted by Gasteiger charge is -2.27. The summed E-state index contributed by atoms with van der Waals surface area (Å²) in [5, 5.41) is 21.0. The van der Waals surface area contributed by atoms with Gasteiger partial charge in [0.25, 0.3) is 0 Å². The van der Waals surface area contributed by atoms with Gasteiger partial charge in [0.15, 0.2) is 0 Å². The van der Waals surface area contributed by atoms with E-state index in [1.165, 1.54) is 0 Å². The highest BCUT2D eigenvalue weighted by Crippen LogP contribution is 2.33. The topological polar surface area (TPSA) is 69.6 Å².